The first-order valence-electron chi connectivity index (χ1n) is 9.26. The average Bonchev–Trinajstić information content (AvgIpc) is 3.06. The Bertz CT molecular complexity index is 1070. The van der Waals surface area contributed by atoms with E-state index in [0.717, 1.165) is 24.2 Å². The first kappa shape index (κ1) is 22.4. The van der Waals surface area contributed by atoms with E-state index < -0.39 is 5.82 Å². The number of methoxy groups -OCH3 is 1. The summed E-state index contributed by atoms with van der Waals surface area (Å²) in [5.41, 5.74) is 4.26. The van der Waals surface area contributed by atoms with Crippen LogP contribution in [0.4, 0.5) is 4.39 Å². The monoisotopic (exact) mass is 470 g/mol. The van der Waals surface area contributed by atoms with Gasteiger partial charge in [-0.1, -0.05) is 36.2 Å². The second-order valence-electron chi connectivity index (χ2n) is 6.45. The first-order valence-corrected chi connectivity index (χ1v) is 10.4. The molecule has 0 amide bonds. The highest BCUT2D eigenvalue weighted by Gasteiger charge is 2.14. The lowest BCUT2D eigenvalue weighted by Gasteiger charge is -2.16. The van der Waals surface area contributed by atoms with Gasteiger partial charge in [-0.05, 0) is 42.4 Å². The Labute approximate surface area is 188 Å². The molecule has 0 unspecified atom stereocenters. The highest BCUT2D eigenvalue weighted by Crippen LogP contribution is 2.34. The number of rotatable bonds is 9. The molecule has 2 N–H and O–H groups in total. The van der Waals surface area contributed by atoms with Gasteiger partial charge in [0.05, 0.1) is 18.7 Å². The summed E-state index contributed by atoms with van der Waals surface area (Å²) < 4.78 is 27.4. The zero-order valence-electron chi connectivity index (χ0n) is 16.5. The standard InChI is InChI=1S/C20H21Cl2FN4O2S/c1-3-5-19-25-26-20(30)27(19)24-10-12-8-17(28-2)18(9-15(12)22)29-11-13-14(21)6-4-7-16(13)23/h4,6-9,24H,3,5,10-11H2,1-2H3,(H,26,30). The molecule has 1 aromatic heterocycles. The second kappa shape index (κ2) is 10.1. The predicted molar refractivity (Wildman–Crippen MR) is 118 cm³/mol. The van der Waals surface area contributed by atoms with Gasteiger partial charge in [-0.25, -0.2) is 9.07 Å². The van der Waals surface area contributed by atoms with Gasteiger partial charge in [0.2, 0.25) is 4.77 Å². The molecule has 0 atom stereocenters. The van der Waals surface area contributed by atoms with Crippen molar-refractivity contribution in [2.75, 3.05) is 12.5 Å². The van der Waals surface area contributed by atoms with Crippen LogP contribution < -0.4 is 14.9 Å². The van der Waals surface area contributed by atoms with Gasteiger partial charge in [-0.15, -0.1) is 0 Å². The van der Waals surface area contributed by atoms with Gasteiger partial charge < -0.3 is 14.9 Å². The lowest BCUT2D eigenvalue weighted by molar-refractivity contribution is 0.279. The molecule has 0 aliphatic carbocycles. The first-order chi connectivity index (χ1) is 14.4. The van der Waals surface area contributed by atoms with E-state index in [2.05, 4.69) is 22.5 Å². The molecule has 10 heteroatoms. The van der Waals surface area contributed by atoms with Crippen molar-refractivity contribution in [3.63, 3.8) is 0 Å². The molecule has 30 heavy (non-hydrogen) atoms. The number of H-pyrrole nitrogens is 1. The van der Waals surface area contributed by atoms with Crippen LogP contribution in [-0.2, 0) is 19.6 Å². The quantitative estimate of drug-likeness (QED) is 0.394. The maximum atomic E-state index is 14.0. The number of ether oxygens (including phenoxy) is 2. The average molecular weight is 471 g/mol. The van der Waals surface area contributed by atoms with Crippen molar-refractivity contribution in [1.82, 2.24) is 14.9 Å². The molecule has 0 saturated carbocycles. The van der Waals surface area contributed by atoms with Crippen molar-refractivity contribution < 1.29 is 13.9 Å². The summed E-state index contributed by atoms with van der Waals surface area (Å²) in [6, 6.07) is 7.87. The van der Waals surface area contributed by atoms with Crippen LogP contribution in [0.3, 0.4) is 0 Å². The van der Waals surface area contributed by atoms with Crippen LogP contribution in [0.1, 0.15) is 30.3 Å². The number of aromatic nitrogens is 3. The van der Waals surface area contributed by atoms with Gasteiger partial charge >= 0.3 is 0 Å². The van der Waals surface area contributed by atoms with E-state index in [1.165, 1.54) is 13.2 Å². The molecule has 0 saturated heterocycles. The zero-order chi connectivity index (χ0) is 21.7. The topological polar surface area (TPSA) is 64.1 Å². The molecule has 0 bridgehead atoms. The minimum Gasteiger partial charge on any atom is -0.493 e. The van der Waals surface area contributed by atoms with Crippen molar-refractivity contribution >= 4 is 35.4 Å². The third-order valence-electron chi connectivity index (χ3n) is 4.41. The van der Waals surface area contributed by atoms with E-state index in [9.17, 15) is 4.39 Å². The van der Waals surface area contributed by atoms with Gasteiger partial charge in [-0.2, -0.15) is 5.10 Å². The van der Waals surface area contributed by atoms with E-state index in [0.29, 0.717) is 32.9 Å². The van der Waals surface area contributed by atoms with E-state index >= 15 is 0 Å². The number of hydrogen-bond acceptors (Lipinski definition) is 5. The Kier molecular flexibility index (Phi) is 7.58. The van der Waals surface area contributed by atoms with Crippen LogP contribution in [0.15, 0.2) is 30.3 Å². The lowest BCUT2D eigenvalue weighted by atomic mass is 10.2. The Hall–Kier alpha value is -2.29. The molecule has 0 fully saturated rings. The Morgan fingerprint density at radius 3 is 2.73 bits per heavy atom. The largest absolute Gasteiger partial charge is 0.493 e. The molecule has 0 radical (unpaired) electrons. The van der Waals surface area contributed by atoms with E-state index in [1.54, 1.807) is 28.9 Å². The maximum absolute atomic E-state index is 14.0. The van der Waals surface area contributed by atoms with Crippen LogP contribution in [0.2, 0.25) is 10.0 Å². The summed E-state index contributed by atoms with van der Waals surface area (Å²) in [6.45, 7) is 2.40. The number of halogens is 3. The van der Waals surface area contributed by atoms with Crippen molar-refractivity contribution in [3.05, 3.63) is 67.9 Å². The number of nitrogens with zero attached hydrogens (tertiary/aromatic N) is 2. The highest BCUT2D eigenvalue weighted by molar-refractivity contribution is 7.71. The zero-order valence-corrected chi connectivity index (χ0v) is 18.8. The van der Waals surface area contributed by atoms with Crippen LogP contribution in [-0.4, -0.2) is 22.0 Å². The van der Waals surface area contributed by atoms with Crippen molar-refractivity contribution in [2.24, 2.45) is 0 Å². The SMILES string of the molecule is CCCc1n[nH]c(=S)n1NCc1cc(OC)c(OCc2c(F)cccc2Cl)cc1Cl. The minimum atomic E-state index is -0.437. The van der Waals surface area contributed by atoms with E-state index in [4.69, 9.17) is 44.9 Å². The lowest BCUT2D eigenvalue weighted by Crippen LogP contribution is -2.18. The Morgan fingerprint density at radius 2 is 2.03 bits per heavy atom. The fourth-order valence-corrected chi connectivity index (χ4v) is 3.51. The third-order valence-corrected chi connectivity index (χ3v) is 5.39. The number of benzene rings is 2. The minimum absolute atomic E-state index is 0.0552. The normalized spacial score (nSPS) is 10.8. The van der Waals surface area contributed by atoms with Crippen molar-refractivity contribution in [1.29, 1.82) is 0 Å². The van der Waals surface area contributed by atoms with Crippen LogP contribution >= 0.6 is 35.4 Å². The van der Waals surface area contributed by atoms with Crippen LogP contribution in [0.5, 0.6) is 11.5 Å². The molecule has 3 aromatic rings. The van der Waals surface area contributed by atoms with Gasteiger partial charge in [0.1, 0.15) is 12.4 Å². The number of aryl methyl sites for hydroxylation is 1. The molecular formula is C20H21Cl2FN4O2S. The molecule has 1 heterocycles. The summed E-state index contributed by atoms with van der Waals surface area (Å²) >= 11 is 17.8. The number of hydrogen-bond donors (Lipinski definition) is 2. The summed E-state index contributed by atoms with van der Waals surface area (Å²) in [6.07, 6.45) is 1.72. The number of aromatic amines is 1. The summed E-state index contributed by atoms with van der Waals surface area (Å²) in [5.74, 6) is 1.23. The molecule has 2 aromatic carbocycles. The molecule has 6 nitrogen and oxygen atoms in total. The molecule has 0 spiro atoms. The van der Waals surface area contributed by atoms with Crippen molar-refractivity contribution in [3.8, 4) is 11.5 Å². The summed E-state index contributed by atoms with van der Waals surface area (Å²) in [7, 11) is 1.52. The molecule has 3 rings (SSSR count). The second-order valence-corrected chi connectivity index (χ2v) is 7.65. The van der Waals surface area contributed by atoms with Gasteiger partial charge in [0.25, 0.3) is 0 Å². The Morgan fingerprint density at radius 1 is 1.23 bits per heavy atom. The van der Waals surface area contributed by atoms with Gasteiger partial charge in [0, 0.05) is 23.1 Å². The van der Waals surface area contributed by atoms with E-state index in [1.807, 2.05) is 0 Å². The van der Waals surface area contributed by atoms with Gasteiger partial charge in [0.15, 0.2) is 17.3 Å². The molecule has 160 valence electrons. The van der Waals surface area contributed by atoms with Gasteiger partial charge in [-0.3, -0.25) is 5.10 Å². The molecular weight excluding hydrogens is 450 g/mol. The maximum Gasteiger partial charge on any atom is 0.214 e. The fourth-order valence-electron chi connectivity index (χ4n) is 2.85. The molecule has 0 aliphatic rings. The summed E-state index contributed by atoms with van der Waals surface area (Å²) in [5, 5.41) is 7.75. The fraction of sp³-hybridized carbons (Fsp3) is 0.300. The van der Waals surface area contributed by atoms with E-state index in [-0.39, 0.29) is 12.2 Å². The summed E-state index contributed by atoms with van der Waals surface area (Å²) in [4.78, 5) is 0. The molecule has 0 aliphatic heterocycles. The smallest absolute Gasteiger partial charge is 0.214 e. The highest BCUT2D eigenvalue weighted by atomic mass is 35.5. The predicted octanol–water partition coefficient (Wildman–Crippen LogP) is 5.67. The Balaban J connectivity index is 1.77. The van der Waals surface area contributed by atoms with Crippen LogP contribution in [0, 0.1) is 10.6 Å². The third kappa shape index (κ3) is 5.06. The van der Waals surface area contributed by atoms with Crippen LogP contribution in [0.25, 0.3) is 0 Å². The number of nitrogens with one attached hydrogen (secondary N) is 2. The van der Waals surface area contributed by atoms with Crippen molar-refractivity contribution in [2.45, 2.75) is 32.9 Å².